The van der Waals surface area contributed by atoms with Gasteiger partial charge in [0.1, 0.15) is 0 Å². The van der Waals surface area contributed by atoms with Gasteiger partial charge < -0.3 is 5.32 Å². The van der Waals surface area contributed by atoms with E-state index in [-0.39, 0.29) is 11.0 Å². The zero-order valence-corrected chi connectivity index (χ0v) is 12.4. The minimum Gasteiger partial charge on any atom is -0.313 e. The maximum Gasteiger partial charge on any atom is 0.153 e. The van der Waals surface area contributed by atoms with Crippen molar-refractivity contribution in [2.24, 2.45) is 5.41 Å². The topological polar surface area (TPSA) is 46.2 Å². The summed E-state index contributed by atoms with van der Waals surface area (Å²) in [6, 6.07) is 0.519. The van der Waals surface area contributed by atoms with Gasteiger partial charge in [-0.25, -0.2) is 8.42 Å². The van der Waals surface area contributed by atoms with Crippen LogP contribution >= 0.6 is 0 Å². The van der Waals surface area contributed by atoms with Gasteiger partial charge in [0, 0.05) is 12.6 Å². The van der Waals surface area contributed by atoms with Gasteiger partial charge in [0.2, 0.25) is 0 Å². The Bertz CT molecular complexity index is 323. The standard InChI is InChI=1S/C13H27NO2S/c1-11(2)17(15,16)10-9-14-12-5-7-13(3,4)8-6-12/h11-12,14H,5-10H2,1-4H3. The third-order valence-electron chi connectivity index (χ3n) is 3.88. The minimum absolute atomic E-state index is 0.255. The average molecular weight is 261 g/mol. The molecule has 0 saturated heterocycles. The number of nitrogens with one attached hydrogen (secondary N) is 1. The molecule has 102 valence electrons. The van der Waals surface area contributed by atoms with E-state index in [4.69, 9.17) is 0 Å². The molecule has 0 amide bonds. The Kier molecular flexibility index (Phi) is 5.02. The van der Waals surface area contributed by atoms with Crippen LogP contribution in [-0.4, -0.2) is 32.0 Å². The number of hydrogen-bond donors (Lipinski definition) is 1. The fourth-order valence-electron chi connectivity index (χ4n) is 2.24. The molecule has 0 radical (unpaired) electrons. The quantitative estimate of drug-likeness (QED) is 0.826. The number of hydrogen-bond acceptors (Lipinski definition) is 3. The Morgan fingerprint density at radius 1 is 1.24 bits per heavy atom. The molecule has 3 nitrogen and oxygen atoms in total. The molecule has 1 fully saturated rings. The molecule has 0 spiro atoms. The van der Waals surface area contributed by atoms with Crippen LogP contribution in [-0.2, 0) is 9.84 Å². The van der Waals surface area contributed by atoms with Gasteiger partial charge in [0.15, 0.2) is 9.84 Å². The van der Waals surface area contributed by atoms with E-state index in [2.05, 4.69) is 19.2 Å². The van der Waals surface area contributed by atoms with Crippen LogP contribution in [0.25, 0.3) is 0 Å². The van der Waals surface area contributed by atoms with Crippen molar-refractivity contribution < 1.29 is 8.42 Å². The fourth-order valence-corrected chi connectivity index (χ4v) is 3.12. The monoisotopic (exact) mass is 261 g/mol. The van der Waals surface area contributed by atoms with Crippen LogP contribution in [0.5, 0.6) is 0 Å². The van der Waals surface area contributed by atoms with E-state index in [1.54, 1.807) is 13.8 Å². The molecular formula is C13H27NO2S. The molecule has 0 atom stereocenters. The third kappa shape index (κ3) is 4.96. The van der Waals surface area contributed by atoms with Gasteiger partial charge in [-0.2, -0.15) is 0 Å². The molecule has 0 aliphatic heterocycles. The summed E-state index contributed by atoms with van der Waals surface area (Å²) in [6.07, 6.45) is 4.83. The summed E-state index contributed by atoms with van der Waals surface area (Å²) in [5.41, 5.74) is 0.474. The first kappa shape index (κ1) is 15.0. The second-order valence-corrected chi connectivity index (χ2v) is 8.99. The lowest BCUT2D eigenvalue weighted by Crippen LogP contribution is -2.38. The molecule has 1 rings (SSSR count). The molecule has 4 heteroatoms. The summed E-state index contributed by atoms with van der Waals surface area (Å²) in [6.45, 7) is 8.72. The van der Waals surface area contributed by atoms with E-state index in [1.807, 2.05) is 0 Å². The van der Waals surface area contributed by atoms with Crippen LogP contribution in [0.2, 0.25) is 0 Å². The number of rotatable bonds is 5. The maximum atomic E-state index is 11.6. The van der Waals surface area contributed by atoms with E-state index < -0.39 is 9.84 Å². The highest BCUT2D eigenvalue weighted by Gasteiger charge is 2.26. The molecule has 1 aliphatic carbocycles. The molecule has 0 aromatic rings. The van der Waals surface area contributed by atoms with Gasteiger partial charge in [-0.1, -0.05) is 13.8 Å². The summed E-state index contributed by atoms with van der Waals surface area (Å²) in [5, 5.41) is 3.14. The highest BCUT2D eigenvalue weighted by molar-refractivity contribution is 7.92. The first-order chi connectivity index (χ1) is 7.73. The van der Waals surface area contributed by atoms with E-state index in [1.165, 1.54) is 25.7 Å². The zero-order valence-electron chi connectivity index (χ0n) is 11.6. The minimum atomic E-state index is -2.88. The van der Waals surface area contributed by atoms with Gasteiger partial charge in [-0.05, 0) is 44.9 Å². The molecular weight excluding hydrogens is 234 g/mol. The van der Waals surface area contributed by atoms with Crippen LogP contribution in [0.4, 0.5) is 0 Å². The Morgan fingerprint density at radius 3 is 2.24 bits per heavy atom. The molecule has 1 saturated carbocycles. The first-order valence-corrected chi connectivity index (χ1v) is 8.39. The first-order valence-electron chi connectivity index (χ1n) is 6.68. The lowest BCUT2D eigenvalue weighted by molar-refractivity contribution is 0.208. The van der Waals surface area contributed by atoms with Gasteiger partial charge in [-0.3, -0.25) is 0 Å². The van der Waals surface area contributed by atoms with Crippen molar-refractivity contribution in [3.8, 4) is 0 Å². The Morgan fingerprint density at radius 2 is 1.76 bits per heavy atom. The molecule has 1 aliphatic rings. The second kappa shape index (κ2) is 5.70. The molecule has 0 aromatic carbocycles. The Labute approximate surface area is 106 Å². The molecule has 0 heterocycles. The summed E-state index contributed by atoms with van der Waals surface area (Å²) < 4.78 is 23.3. The van der Waals surface area contributed by atoms with Crippen LogP contribution in [0.15, 0.2) is 0 Å². The van der Waals surface area contributed by atoms with Gasteiger partial charge >= 0.3 is 0 Å². The Balaban J connectivity index is 2.25. The lowest BCUT2D eigenvalue weighted by Gasteiger charge is -2.34. The van der Waals surface area contributed by atoms with E-state index in [9.17, 15) is 8.42 Å². The largest absolute Gasteiger partial charge is 0.313 e. The normalized spacial score (nSPS) is 21.9. The van der Waals surface area contributed by atoms with E-state index >= 15 is 0 Å². The lowest BCUT2D eigenvalue weighted by atomic mass is 9.75. The molecule has 1 N–H and O–H groups in total. The van der Waals surface area contributed by atoms with E-state index in [0.717, 1.165) is 0 Å². The molecule has 0 unspecified atom stereocenters. The van der Waals surface area contributed by atoms with Gasteiger partial charge in [-0.15, -0.1) is 0 Å². The van der Waals surface area contributed by atoms with Crippen molar-refractivity contribution in [2.45, 2.75) is 64.7 Å². The van der Waals surface area contributed by atoms with Crippen molar-refractivity contribution in [1.29, 1.82) is 0 Å². The smallest absolute Gasteiger partial charge is 0.153 e. The van der Waals surface area contributed by atoms with Crippen molar-refractivity contribution in [1.82, 2.24) is 5.32 Å². The van der Waals surface area contributed by atoms with Crippen molar-refractivity contribution in [3.05, 3.63) is 0 Å². The SMILES string of the molecule is CC(C)S(=O)(=O)CCNC1CCC(C)(C)CC1. The predicted molar refractivity (Wildman–Crippen MR) is 73.0 cm³/mol. The summed E-state index contributed by atoms with van der Waals surface area (Å²) in [7, 11) is -2.88. The molecule has 0 aromatic heterocycles. The zero-order chi connectivity index (χ0) is 13.1. The van der Waals surface area contributed by atoms with Crippen LogP contribution in [0.3, 0.4) is 0 Å². The van der Waals surface area contributed by atoms with Crippen molar-refractivity contribution in [2.75, 3.05) is 12.3 Å². The second-order valence-electron chi connectivity index (χ2n) is 6.31. The van der Waals surface area contributed by atoms with E-state index in [0.29, 0.717) is 18.0 Å². The van der Waals surface area contributed by atoms with Crippen LogP contribution in [0.1, 0.15) is 53.4 Å². The van der Waals surface area contributed by atoms with Gasteiger partial charge in [0.25, 0.3) is 0 Å². The highest BCUT2D eigenvalue weighted by Crippen LogP contribution is 2.34. The van der Waals surface area contributed by atoms with Crippen LogP contribution in [0, 0.1) is 5.41 Å². The van der Waals surface area contributed by atoms with Crippen molar-refractivity contribution >= 4 is 9.84 Å². The molecule has 0 bridgehead atoms. The Hall–Kier alpha value is -0.0900. The predicted octanol–water partition coefficient (Wildman–Crippen LogP) is 2.37. The van der Waals surface area contributed by atoms with Crippen molar-refractivity contribution in [3.63, 3.8) is 0 Å². The van der Waals surface area contributed by atoms with Crippen LogP contribution < -0.4 is 5.32 Å². The third-order valence-corrected chi connectivity index (χ3v) is 6.09. The van der Waals surface area contributed by atoms with Gasteiger partial charge in [0.05, 0.1) is 11.0 Å². The summed E-state index contributed by atoms with van der Waals surface area (Å²) >= 11 is 0. The average Bonchev–Trinajstić information content (AvgIpc) is 2.20. The maximum absolute atomic E-state index is 11.6. The highest BCUT2D eigenvalue weighted by atomic mass is 32.2. The molecule has 17 heavy (non-hydrogen) atoms. The summed E-state index contributed by atoms with van der Waals surface area (Å²) in [5.74, 6) is 0.268. The number of sulfone groups is 1. The fraction of sp³-hybridized carbons (Fsp3) is 1.00. The summed E-state index contributed by atoms with van der Waals surface area (Å²) in [4.78, 5) is 0.